The Morgan fingerprint density at radius 1 is 0.571 bits per heavy atom. The molecule has 280 valence electrons. The average molecular weight is 725 g/mol. The van der Waals surface area contributed by atoms with Crippen LogP contribution in [0.15, 0.2) is 60.7 Å². The van der Waals surface area contributed by atoms with Gasteiger partial charge in [0, 0.05) is 23.7 Å². The number of sulfone groups is 2. The maximum Gasteiger partial charge on any atom is 0.158 e. The van der Waals surface area contributed by atoms with E-state index in [1.54, 1.807) is 41.5 Å². The quantitative estimate of drug-likeness (QED) is 0.282. The summed E-state index contributed by atoms with van der Waals surface area (Å²) in [4.78, 5) is 23.3. The molecule has 0 N–H and O–H groups in total. The van der Waals surface area contributed by atoms with Crippen LogP contribution < -0.4 is 0 Å². The van der Waals surface area contributed by atoms with Gasteiger partial charge in [-0.2, -0.15) is 0 Å². The first-order valence-electron chi connectivity index (χ1n) is 17.2. The minimum absolute atomic E-state index is 0.0208. The molecule has 2 aromatic rings. The van der Waals surface area contributed by atoms with Gasteiger partial charge in [-0.25, -0.2) is 16.8 Å². The van der Waals surface area contributed by atoms with Crippen molar-refractivity contribution in [2.45, 2.75) is 136 Å². The Labute approximate surface area is 298 Å². The van der Waals surface area contributed by atoms with Crippen LogP contribution in [0.3, 0.4) is 0 Å². The van der Waals surface area contributed by atoms with E-state index in [1.165, 1.54) is 0 Å². The molecule has 2 aliphatic carbocycles. The fourth-order valence-corrected chi connectivity index (χ4v) is 7.03. The molecule has 4 rings (SSSR count). The predicted molar refractivity (Wildman–Crippen MR) is 204 cm³/mol. The van der Waals surface area contributed by atoms with Gasteiger partial charge in [0.1, 0.15) is 11.6 Å². The summed E-state index contributed by atoms with van der Waals surface area (Å²) in [5.41, 5.74) is 1.75. The second-order valence-electron chi connectivity index (χ2n) is 16.9. The number of Topliss-reactive ketones (excluding diaryl/α,β-unsaturated/α-hetero) is 2. The molecular formula is C40H65FO6S2. The van der Waals surface area contributed by atoms with Crippen LogP contribution in [-0.2, 0) is 42.1 Å². The summed E-state index contributed by atoms with van der Waals surface area (Å²) in [6.45, 7) is 22.3. The molecule has 2 fully saturated rings. The van der Waals surface area contributed by atoms with Gasteiger partial charge in [-0.1, -0.05) is 102 Å². The van der Waals surface area contributed by atoms with Crippen molar-refractivity contribution in [1.29, 1.82) is 0 Å². The number of hydrogen-bond acceptors (Lipinski definition) is 6. The molecule has 0 aliphatic heterocycles. The summed E-state index contributed by atoms with van der Waals surface area (Å²) in [6.07, 6.45) is 5.05. The van der Waals surface area contributed by atoms with Gasteiger partial charge in [-0.05, 0) is 84.3 Å². The molecule has 0 bridgehead atoms. The SMILES string of the molecule is CC(C)(C)C(=O)Cc1ccccc1.CC(C)(C)C(=O)Cc1ccccc1.CC(C)(C)S(=O)(=O)C1CC1.CC(C)(C)S(=O)(=O)CC1CC1.CF. The summed E-state index contributed by atoms with van der Waals surface area (Å²) in [5.74, 6) is 1.45. The van der Waals surface area contributed by atoms with Crippen LogP contribution >= 0.6 is 0 Å². The van der Waals surface area contributed by atoms with Gasteiger partial charge in [-0.3, -0.25) is 14.0 Å². The normalized spacial score (nSPS) is 15.0. The largest absolute Gasteiger partial charge is 0.299 e. The Kier molecular flexibility index (Phi) is 18.3. The van der Waals surface area contributed by atoms with Gasteiger partial charge in [0.05, 0.1) is 27.7 Å². The van der Waals surface area contributed by atoms with E-state index in [9.17, 15) is 30.8 Å². The summed E-state index contributed by atoms with van der Waals surface area (Å²) in [7, 11) is -5.14. The number of hydrogen-bond donors (Lipinski definition) is 0. The molecule has 2 saturated carbocycles. The lowest BCUT2D eigenvalue weighted by atomic mass is 9.87. The third-order valence-corrected chi connectivity index (χ3v) is 13.8. The van der Waals surface area contributed by atoms with Crippen molar-refractivity contribution in [3.63, 3.8) is 0 Å². The zero-order chi connectivity index (χ0) is 38.5. The lowest BCUT2D eigenvalue weighted by molar-refractivity contribution is -0.126. The average Bonchev–Trinajstić information content (AvgIpc) is 3.90. The number of alkyl halides is 1. The molecular weight excluding hydrogens is 660 g/mol. The topological polar surface area (TPSA) is 102 Å². The molecule has 0 amide bonds. The van der Waals surface area contributed by atoms with Gasteiger partial charge in [0.2, 0.25) is 0 Å². The monoisotopic (exact) mass is 724 g/mol. The first-order valence-corrected chi connectivity index (χ1v) is 20.4. The highest BCUT2D eigenvalue weighted by molar-refractivity contribution is 7.93. The van der Waals surface area contributed by atoms with Gasteiger partial charge in [0.25, 0.3) is 0 Å². The Morgan fingerprint density at radius 3 is 1.10 bits per heavy atom. The Balaban J connectivity index is 0.000000619. The van der Waals surface area contributed by atoms with E-state index < -0.39 is 29.2 Å². The first-order chi connectivity index (χ1) is 22.2. The fourth-order valence-electron chi connectivity index (χ4n) is 3.82. The summed E-state index contributed by atoms with van der Waals surface area (Å²) < 4.78 is 54.2. The van der Waals surface area contributed by atoms with Crippen LogP contribution in [0.4, 0.5) is 4.39 Å². The number of rotatable bonds is 7. The molecule has 0 unspecified atom stereocenters. The Hall–Kier alpha value is -2.39. The van der Waals surface area contributed by atoms with Crippen LogP contribution in [0.25, 0.3) is 0 Å². The molecule has 0 radical (unpaired) electrons. The van der Waals surface area contributed by atoms with Gasteiger partial charge in [0.15, 0.2) is 19.7 Å². The van der Waals surface area contributed by atoms with Gasteiger partial charge < -0.3 is 0 Å². The van der Waals surface area contributed by atoms with Crippen molar-refractivity contribution in [3.8, 4) is 0 Å². The summed E-state index contributed by atoms with van der Waals surface area (Å²) in [6, 6.07) is 19.7. The molecule has 2 aromatic carbocycles. The Morgan fingerprint density at radius 2 is 0.898 bits per heavy atom. The number of benzene rings is 2. The lowest BCUT2D eigenvalue weighted by Crippen LogP contribution is -2.31. The predicted octanol–water partition coefficient (Wildman–Crippen LogP) is 9.25. The van der Waals surface area contributed by atoms with Crippen LogP contribution in [0.2, 0.25) is 0 Å². The first kappa shape index (κ1) is 46.6. The maximum atomic E-state index is 11.6. The van der Waals surface area contributed by atoms with Gasteiger partial charge in [-0.15, -0.1) is 0 Å². The minimum Gasteiger partial charge on any atom is -0.299 e. The number of halogens is 1. The zero-order valence-electron chi connectivity index (χ0n) is 32.5. The fraction of sp³-hybridized carbons (Fsp3) is 0.650. The van der Waals surface area contributed by atoms with E-state index in [2.05, 4.69) is 0 Å². The van der Waals surface area contributed by atoms with E-state index in [0.717, 1.165) is 36.8 Å². The standard InChI is InChI=1S/2C12H16O.C8H16O2S.C7H14O2S.CH3F/c2*1-12(2,3)11(13)9-10-7-5-4-6-8-10;1-8(2,3)11(9,10)6-7-4-5-7;1-7(2,3)10(8,9)6-4-5-6;1-2/h2*4-8H,9H2,1-3H3;7H,4-6H2,1-3H3;6H,4-5H2,1-3H3;1H3. The molecule has 0 spiro atoms. The van der Waals surface area contributed by atoms with Crippen molar-refractivity contribution < 1.29 is 30.8 Å². The molecule has 0 atom stereocenters. The van der Waals surface area contributed by atoms with Crippen LogP contribution in [-0.4, -0.2) is 56.1 Å². The maximum absolute atomic E-state index is 11.6. The third kappa shape index (κ3) is 18.4. The summed E-state index contributed by atoms with van der Waals surface area (Å²) in [5, 5.41) is -0.0208. The van der Waals surface area contributed by atoms with Crippen molar-refractivity contribution in [2.24, 2.45) is 16.7 Å². The Bertz CT molecular complexity index is 1420. The van der Waals surface area contributed by atoms with Crippen molar-refractivity contribution >= 4 is 31.2 Å². The smallest absolute Gasteiger partial charge is 0.158 e. The van der Waals surface area contributed by atoms with E-state index in [4.69, 9.17) is 0 Å². The van der Waals surface area contributed by atoms with Crippen LogP contribution in [0, 0.1) is 16.7 Å². The lowest BCUT2D eigenvalue weighted by Gasteiger charge is -2.18. The van der Waals surface area contributed by atoms with Crippen molar-refractivity contribution in [1.82, 2.24) is 0 Å². The highest BCUT2D eigenvalue weighted by atomic mass is 32.2. The second-order valence-corrected chi connectivity index (χ2v) is 22.6. The molecule has 6 nitrogen and oxygen atoms in total. The van der Waals surface area contributed by atoms with Crippen LogP contribution in [0.5, 0.6) is 0 Å². The molecule has 9 heteroatoms. The second kappa shape index (κ2) is 19.3. The molecule has 0 saturated heterocycles. The van der Waals surface area contributed by atoms with Crippen molar-refractivity contribution in [2.75, 3.05) is 12.9 Å². The molecule has 0 aromatic heterocycles. The third-order valence-electron chi connectivity index (χ3n) is 7.99. The molecule has 0 heterocycles. The molecule has 49 heavy (non-hydrogen) atoms. The number of ketones is 2. The number of carbonyl (C=O) groups is 2. The highest BCUT2D eigenvalue weighted by Gasteiger charge is 2.43. The van der Waals surface area contributed by atoms with E-state index in [1.807, 2.05) is 102 Å². The number of carbonyl (C=O) groups excluding carboxylic acids is 2. The van der Waals surface area contributed by atoms with Crippen LogP contribution in [0.1, 0.15) is 120 Å². The van der Waals surface area contributed by atoms with Crippen molar-refractivity contribution in [3.05, 3.63) is 71.8 Å². The highest BCUT2D eigenvalue weighted by Crippen LogP contribution is 2.35. The zero-order valence-corrected chi connectivity index (χ0v) is 34.2. The summed E-state index contributed by atoms with van der Waals surface area (Å²) >= 11 is 0. The molecule has 2 aliphatic rings. The van der Waals surface area contributed by atoms with Gasteiger partial charge >= 0.3 is 0 Å². The minimum atomic E-state index is -2.83. The van der Waals surface area contributed by atoms with E-state index in [-0.39, 0.29) is 16.1 Å². The van der Waals surface area contributed by atoms with E-state index >= 15 is 0 Å². The van der Waals surface area contributed by atoms with E-state index in [0.29, 0.717) is 43.3 Å².